The predicted octanol–water partition coefficient (Wildman–Crippen LogP) is 7.21. The summed E-state index contributed by atoms with van der Waals surface area (Å²) in [5.74, 6) is -0.222. The van der Waals surface area contributed by atoms with Gasteiger partial charge in [-0.15, -0.1) is 0 Å². The standard InChI is InChI=1S/C33H65N2O6P/c1-6-8-10-12-14-16-17-19-20-22-24-26-32(36)31(30-41-42(38,39)40-29-28-35(3,4)5)34-33(37)27-25-23-21-18-15-13-11-9-7-2/h20,22,24,26,31-32,36H,6-19,21,23,25,27-30H2,1-5H3,(H-,34,37,38,39)/b22-20+,26-24+/t31-,32+/m0/s1. The van der Waals surface area contributed by atoms with Crippen LogP contribution >= 0.6 is 7.82 Å². The average Bonchev–Trinajstić information content (AvgIpc) is 2.92. The van der Waals surface area contributed by atoms with Crippen molar-refractivity contribution in [2.75, 3.05) is 40.9 Å². The number of phosphoric acid groups is 1. The molecule has 0 aromatic heterocycles. The number of carbonyl (C=O) groups excluding carboxylic acids is 1. The van der Waals surface area contributed by atoms with Gasteiger partial charge in [0.25, 0.3) is 7.82 Å². The van der Waals surface area contributed by atoms with Crippen LogP contribution < -0.4 is 10.2 Å². The van der Waals surface area contributed by atoms with Crippen molar-refractivity contribution in [3.8, 4) is 0 Å². The van der Waals surface area contributed by atoms with E-state index in [0.29, 0.717) is 17.4 Å². The Balaban J connectivity index is 4.72. The molecular formula is C33H65N2O6P. The molecule has 1 amide bonds. The number of aliphatic hydroxyl groups excluding tert-OH is 1. The van der Waals surface area contributed by atoms with E-state index >= 15 is 0 Å². The Kier molecular flexibility index (Phi) is 25.7. The molecule has 0 bridgehead atoms. The molecule has 2 N–H and O–H groups in total. The summed E-state index contributed by atoms with van der Waals surface area (Å²) in [7, 11) is 1.23. The Bertz CT molecular complexity index is 753. The number of hydrogen-bond acceptors (Lipinski definition) is 6. The van der Waals surface area contributed by atoms with Crippen molar-refractivity contribution in [2.24, 2.45) is 0 Å². The van der Waals surface area contributed by atoms with Crippen molar-refractivity contribution >= 4 is 13.7 Å². The number of rotatable bonds is 29. The van der Waals surface area contributed by atoms with Crippen LogP contribution in [0.3, 0.4) is 0 Å². The van der Waals surface area contributed by atoms with E-state index in [1.165, 1.54) is 77.0 Å². The number of phosphoric ester groups is 1. The first-order valence-corrected chi connectivity index (χ1v) is 18.2. The van der Waals surface area contributed by atoms with Gasteiger partial charge >= 0.3 is 0 Å². The third-order valence-corrected chi connectivity index (χ3v) is 8.18. The van der Waals surface area contributed by atoms with Gasteiger partial charge < -0.3 is 28.8 Å². The maximum atomic E-state index is 12.6. The van der Waals surface area contributed by atoms with Crippen molar-refractivity contribution in [3.63, 3.8) is 0 Å². The highest BCUT2D eigenvalue weighted by atomic mass is 31.2. The van der Waals surface area contributed by atoms with Crippen molar-refractivity contribution < 1.29 is 32.9 Å². The number of allylic oxidation sites excluding steroid dienone is 3. The molecule has 0 heterocycles. The molecule has 0 fully saturated rings. The highest BCUT2D eigenvalue weighted by Crippen LogP contribution is 2.38. The van der Waals surface area contributed by atoms with Gasteiger partial charge in [0, 0.05) is 6.42 Å². The molecule has 0 rings (SSSR count). The summed E-state index contributed by atoms with van der Waals surface area (Å²) in [5.41, 5.74) is 0. The van der Waals surface area contributed by atoms with E-state index in [4.69, 9.17) is 9.05 Å². The molecule has 9 heteroatoms. The quantitative estimate of drug-likeness (QED) is 0.0398. The van der Waals surface area contributed by atoms with Crippen LogP contribution in [0.1, 0.15) is 129 Å². The fourth-order valence-electron chi connectivity index (χ4n) is 4.44. The van der Waals surface area contributed by atoms with E-state index in [1.807, 2.05) is 27.2 Å². The van der Waals surface area contributed by atoms with E-state index in [1.54, 1.807) is 12.2 Å². The van der Waals surface area contributed by atoms with Gasteiger partial charge in [0.05, 0.1) is 39.9 Å². The Morgan fingerprint density at radius 2 is 1.36 bits per heavy atom. The number of nitrogens with zero attached hydrogens (tertiary/aromatic N) is 1. The first-order chi connectivity index (χ1) is 20.0. The third kappa shape index (κ3) is 27.8. The van der Waals surface area contributed by atoms with Crippen molar-refractivity contribution in [2.45, 2.75) is 142 Å². The van der Waals surface area contributed by atoms with Gasteiger partial charge in [0.15, 0.2) is 0 Å². The molecule has 0 saturated carbocycles. The van der Waals surface area contributed by atoms with Gasteiger partial charge in [-0.1, -0.05) is 128 Å². The third-order valence-electron chi connectivity index (χ3n) is 7.22. The van der Waals surface area contributed by atoms with E-state index in [2.05, 4.69) is 25.2 Å². The number of aliphatic hydroxyl groups is 1. The van der Waals surface area contributed by atoms with Gasteiger partial charge in [0.1, 0.15) is 13.2 Å². The summed E-state index contributed by atoms with van der Waals surface area (Å²) >= 11 is 0. The topological polar surface area (TPSA) is 108 Å². The van der Waals surface area contributed by atoms with Gasteiger partial charge in [-0.25, -0.2) is 0 Å². The molecule has 0 aliphatic heterocycles. The summed E-state index contributed by atoms with van der Waals surface area (Å²) in [4.78, 5) is 24.9. The summed E-state index contributed by atoms with van der Waals surface area (Å²) in [6.45, 7) is 4.52. The van der Waals surface area contributed by atoms with Crippen LogP contribution in [-0.2, 0) is 18.4 Å². The number of amides is 1. The minimum atomic E-state index is -4.58. The van der Waals surface area contributed by atoms with Gasteiger partial charge in [-0.2, -0.15) is 0 Å². The van der Waals surface area contributed by atoms with Gasteiger partial charge in [-0.05, 0) is 19.3 Å². The van der Waals surface area contributed by atoms with Crippen molar-refractivity contribution in [1.29, 1.82) is 0 Å². The zero-order chi connectivity index (χ0) is 31.5. The smallest absolute Gasteiger partial charge is 0.268 e. The van der Waals surface area contributed by atoms with E-state index < -0.39 is 26.6 Å². The van der Waals surface area contributed by atoms with Crippen LogP contribution in [0, 0.1) is 0 Å². The number of quaternary nitrogens is 1. The predicted molar refractivity (Wildman–Crippen MR) is 173 cm³/mol. The minimum absolute atomic E-state index is 0.00804. The molecule has 0 aromatic carbocycles. The average molecular weight is 617 g/mol. The van der Waals surface area contributed by atoms with E-state index in [9.17, 15) is 19.4 Å². The Labute approximate surface area is 258 Å². The monoisotopic (exact) mass is 616 g/mol. The molecule has 3 atom stereocenters. The Morgan fingerprint density at radius 1 is 0.833 bits per heavy atom. The number of carbonyl (C=O) groups is 1. The summed E-state index contributed by atoms with van der Waals surface area (Å²) in [6.07, 6.45) is 26.6. The number of likely N-dealkylation sites (N-methyl/N-ethyl adjacent to an activating group) is 1. The SMILES string of the molecule is CCCCCCCCC/C=C/C=C/[C@@H](O)[C@H](COP(=O)([O-])OCC[N+](C)(C)C)NC(=O)CCCCCCCCCCC. The second kappa shape index (κ2) is 26.4. The van der Waals surface area contributed by atoms with Crippen LogP contribution in [-0.4, -0.2) is 68.5 Å². The molecule has 0 spiro atoms. The normalized spacial score (nSPS) is 15.3. The largest absolute Gasteiger partial charge is 0.756 e. The number of nitrogens with one attached hydrogen (secondary N) is 1. The molecule has 1 unspecified atom stereocenters. The second-order valence-corrected chi connectivity index (χ2v) is 14.0. The molecule has 248 valence electrons. The number of unbranched alkanes of at least 4 members (excludes halogenated alkanes) is 15. The summed E-state index contributed by atoms with van der Waals surface area (Å²) in [5, 5.41) is 13.5. The summed E-state index contributed by atoms with van der Waals surface area (Å²) < 4.78 is 22.9. The fourth-order valence-corrected chi connectivity index (χ4v) is 5.17. The van der Waals surface area contributed by atoms with E-state index in [0.717, 1.165) is 32.1 Å². The van der Waals surface area contributed by atoms with Crippen molar-refractivity contribution in [1.82, 2.24) is 5.32 Å². The maximum Gasteiger partial charge on any atom is 0.268 e. The molecule has 0 aliphatic rings. The van der Waals surface area contributed by atoms with Crippen molar-refractivity contribution in [3.05, 3.63) is 24.3 Å². The second-order valence-electron chi connectivity index (χ2n) is 12.6. The van der Waals surface area contributed by atoms with E-state index in [-0.39, 0.29) is 12.5 Å². The molecule has 0 radical (unpaired) electrons. The molecule has 0 aliphatic carbocycles. The lowest BCUT2D eigenvalue weighted by Gasteiger charge is -2.29. The highest BCUT2D eigenvalue weighted by Gasteiger charge is 2.23. The lowest BCUT2D eigenvalue weighted by Crippen LogP contribution is -2.45. The van der Waals surface area contributed by atoms with Gasteiger partial charge in [0.2, 0.25) is 5.91 Å². The van der Waals surface area contributed by atoms with Crippen LogP contribution in [0.4, 0.5) is 0 Å². The minimum Gasteiger partial charge on any atom is -0.756 e. The summed E-state index contributed by atoms with van der Waals surface area (Å²) in [6, 6.07) is -0.909. The first-order valence-electron chi connectivity index (χ1n) is 16.7. The van der Waals surface area contributed by atoms with Crippen LogP contribution in [0.15, 0.2) is 24.3 Å². The maximum absolute atomic E-state index is 12.6. The molecular weight excluding hydrogens is 551 g/mol. The Morgan fingerprint density at radius 3 is 1.90 bits per heavy atom. The fraction of sp³-hybridized carbons (Fsp3) is 0.848. The van der Waals surface area contributed by atoms with Crippen LogP contribution in [0.25, 0.3) is 0 Å². The van der Waals surface area contributed by atoms with Crippen LogP contribution in [0.5, 0.6) is 0 Å². The van der Waals surface area contributed by atoms with Crippen LogP contribution in [0.2, 0.25) is 0 Å². The highest BCUT2D eigenvalue weighted by molar-refractivity contribution is 7.45. The Hall–Kier alpha value is -1.02. The lowest BCUT2D eigenvalue weighted by molar-refractivity contribution is -0.870. The zero-order valence-electron chi connectivity index (χ0n) is 27.7. The molecule has 0 aromatic rings. The molecule has 0 saturated heterocycles. The zero-order valence-corrected chi connectivity index (χ0v) is 28.6. The molecule has 42 heavy (non-hydrogen) atoms. The number of hydrogen-bond donors (Lipinski definition) is 2. The first kappa shape index (κ1) is 41.0. The molecule has 8 nitrogen and oxygen atoms in total. The van der Waals surface area contributed by atoms with Gasteiger partial charge in [-0.3, -0.25) is 9.36 Å². The lowest BCUT2D eigenvalue weighted by atomic mass is 10.1.